The van der Waals surface area contributed by atoms with E-state index in [0.717, 1.165) is 32.2 Å². The maximum atomic E-state index is 11.9. The quantitative estimate of drug-likeness (QED) is 0.824. The largest absolute Gasteiger partial charge is 0.394 e. The maximum absolute atomic E-state index is 11.9. The molecule has 1 saturated carbocycles. The first-order chi connectivity index (χ1) is 10.5. The number of aliphatic hydroxyl groups excluding tert-OH is 1. The summed E-state index contributed by atoms with van der Waals surface area (Å²) in [5, 5.41) is 9.91. The van der Waals surface area contributed by atoms with Gasteiger partial charge in [0, 0.05) is 51.7 Å². The zero-order valence-electron chi connectivity index (χ0n) is 14.1. The van der Waals surface area contributed by atoms with E-state index < -0.39 is 0 Å². The van der Waals surface area contributed by atoms with Gasteiger partial charge >= 0.3 is 0 Å². The van der Waals surface area contributed by atoms with Gasteiger partial charge in [0.1, 0.15) is 0 Å². The molecule has 1 aliphatic carbocycles. The van der Waals surface area contributed by atoms with Crippen molar-refractivity contribution in [2.75, 3.05) is 39.3 Å². The van der Waals surface area contributed by atoms with Gasteiger partial charge in [0.05, 0.1) is 12.1 Å². The highest BCUT2D eigenvalue weighted by Crippen LogP contribution is 2.31. The van der Waals surface area contributed by atoms with E-state index in [9.17, 15) is 9.90 Å². The van der Waals surface area contributed by atoms with Crippen LogP contribution in [-0.4, -0.2) is 82.7 Å². The van der Waals surface area contributed by atoms with Crippen LogP contribution in [0.1, 0.15) is 46.0 Å². The molecule has 3 rings (SSSR count). The third kappa shape index (κ3) is 3.03. The van der Waals surface area contributed by atoms with Crippen LogP contribution in [0.3, 0.4) is 0 Å². The van der Waals surface area contributed by atoms with E-state index in [0.29, 0.717) is 12.6 Å². The van der Waals surface area contributed by atoms with E-state index in [1.54, 1.807) is 6.92 Å². The second-order valence-electron chi connectivity index (χ2n) is 7.69. The second-order valence-corrected chi connectivity index (χ2v) is 7.69. The van der Waals surface area contributed by atoms with Crippen LogP contribution in [0.15, 0.2) is 0 Å². The van der Waals surface area contributed by atoms with Crippen LogP contribution < -0.4 is 0 Å². The molecular weight excluding hydrogens is 278 g/mol. The summed E-state index contributed by atoms with van der Waals surface area (Å²) in [6.45, 7) is 8.51. The summed E-state index contributed by atoms with van der Waals surface area (Å²) in [7, 11) is 0. The molecule has 22 heavy (non-hydrogen) atoms. The molecule has 2 aliphatic heterocycles. The van der Waals surface area contributed by atoms with Crippen molar-refractivity contribution in [3.05, 3.63) is 0 Å². The van der Waals surface area contributed by atoms with E-state index in [-0.39, 0.29) is 18.1 Å². The fourth-order valence-corrected chi connectivity index (χ4v) is 4.73. The van der Waals surface area contributed by atoms with Gasteiger partial charge in [-0.15, -0.1) is 0 Å². The van der Waals surface area contributed by atoms with Gasteiger partial charge < -0.3 is 10.0 Å². The normalized spacial score (nSPS) is 35.4. The fraction of sp³-hybridized carbons (Fsp3) is 0.941. The number of hydrogen-bond donors (Lipinski definition) is 1. The third-order valence-electron chi connectivity index (χ3n) is 6.05. The Hall–Kier alpha value is -0.650. The van der Waals surface area contributed by atoms with E-state index in [4.69, 9.17) is 0 Å². The smallest absolute Gasteiger partial charge is 0.219 e. The number of hydrogen-bond acceptors (Lipinski definition) is 4. The SMILES string of the molecule is CC(=O)N1CC2CN(C3CCCCC3)CCN2C(C)(CO)C1. The number of rotatable bonds is 2. The van der Waals surface area contributed by atoms with Crippen LogP contribution >= 0.6 is 0 Å². The average molecular weight is 309 g/mol. The van der Waals surface area contributed by atoms with Crippen molar-refractivity contribution in [3.63, 3.8) is 0 Å². The van der Waals surface area contributed by atoms with Crippen LogP contribution in [-0.2, 0) is 4.79 Å². The van der Waals surface area contributed by atoms with Crippen molar-refractivity contribution in [3.8, 4) is 0 Å². The topological polar surface area (TPSA) is 47.0 Å². The molecule has 3 aliphatic rings. The van der Waals surface area contributed by atoms with Crippen molar-refractivity contribution in [2.45, 2.75) is 63.6 Å². The molecule has 0 aromatic carbocycles. The Morgan fingerprint density at radius 1 is 1.14 bits per heavy atom. The number of fused-ring (bicyclic) bond motifs is 1. The molecule has 1 N–H and O–H groups in total. The Kier molecular flexibility index (Phi) is 4.76. The summed E-state index contributed by atoms with van der Waals surface area (Å²) in [5.41, 5.74) is -0.284. The molecular formula is C17H31N3O2. The van der Waals surface area contributed by atoms with Crippen molar-refractivity contribution in [1.29, 1.82) is 0 Å². The molecule has 2 heterocycles. The molecule has 0 spiro atoms. The predicted octanol–water partition coefficient (Wildman–Crippen LogP) is 0.918. The Morgan fingerprint density at radius 3 is 2.50 bits per heavy atom. The van der Waals surface area contributed by atoms with Gasteiger partial charge in [0.25, 0.3) is 0 Å². The lowest BCUT2D eigenvalue weighted by molar-refractivity contribution is -0.144. The summed E-state index contributed by atoms with van der Waals surface area (Å²) in [6.07, 6.45) is 6.79. The first-order valence-corrected chi connectivity index (χ1v) is 8.91. The highest BCUT2D eigenvalue weighted by Gasteiger charge is 2.46. The monoisotopic (exact) mass is 309 g/mol. The fourth-order valence-electron chi connectivity index (χ4n) is 4.73. The molecule has 0 bridgehead atoms. The zero-order valence-corrected chi connectivity index (χ0v) is 14.1. The molecule has 3 fully saturated rings. The molecule has 2 atom stereocenters. The number of piperazine rings is 2. The first-order valence-electron chi connectivity index (χ1n) is 8.91. The number of carbonyl (C=O) groups is 1. The molecule has 5 nitrogen and oxygen atoms in total. The van der Waals surface area contributed by atoms with Crippen molar-refractivity contribution < 1.29 is 9.90 Å². The van der Waals surface area contributed by atoms with Gasteiger partial charge in [-0.1, -0.05) is 19.3 Å². The molecule has 126 valence electrons. The van der Waals surface area contributed by atoms with Gasteiger partial charge in [0.2, 0.25) is 5.91 Å². The maximum Gasteiger partial charge on any atom is 0.219 e. The number of amides is 1. The molecule has 0 radical (unpaired) electrons. The molecule has 0 aromatic heterocycles. The van der Waals surface area contributed by atoms with Crippen LogP contribution in [0.25, 0.3) is 0 Å². The van der Waals surface area contributed by atoms with E-state index in [1.807, 2.05) is 4.90 Å². The Balaban J connectivity index is 1.71. The molecule has 5 heteroatoms. The van der Waals surface area contributed by atoms with Crippen molar-refractivity contribution in [1.82, 2.24) is 14.7 Å². The third-order valence-corrected chi connectivity index (χ3v) is 6.05. The number of nitrogens with zero attached hydrogens (tertiary/aromatic N) is 3. The molecule has 0 aromatic rings. The van der Waals surface area contributed by atoms with Crippen molar-refractivity contribution in [2.24, 2.45) is 0 Å². The van der Waals surface area contributed by atoms with Gasteiger partial charge in [-0.25, -0.2) is 0 Å². The van der Waals surface area contributed by atoms with Crippen LogP contribution in [0.5, 0.6) is 0 Å². The first kappa shape index (κ1) is 16.2. The molecule has 1 amide bonds. The summed E-state index contributed by atoms with van der Waals surface area (Å²) in [5.74, 6) is 0.133. The lowest BCUT2D eigenvalue weighted by atomic mass is 9.89. The van der Waals surface area contributed by atoms with E-state index in [1.165, 1.54) is 32.1 Å². The van der Waals surface area contributed by atoms with Gasteiger partial charge in [-0.3, -0.25) is 14.6 Å². The minimum absolute atomic E-state index is 0.122. The summed E-state index contributed by atoms with van der Waals surface area (Å²) in [4.78, 5) is 18.9. The second kappa shape index (κ2) is 6.46. The number of aliphatic hydroxyl groups is 1. The lowest BCUT2D eigenvalue weighted by Crippen LogP contribution is -2.72. The predicted molar refractivity (Wildman–Crippen MR) is 86.7 cm³/mol. The Morgan fingerprint density at radius 2 is 1.86 bits per heavy atom. The van der Waals surface area contributed by atoms with E-state index >= 15 is 0 Å². The minimum Gasteiger partial charge on any atom is -0.394 e. The van der Waals surface area contributed by atoms with Gasteiger partial charge in [0.15, 0.2) is 0 Å². The molecule has 2 saturated heterocycles. The Labute approximate surface area is 134 Å². The van der Waals surface area contributed by atoms with Crippen LogP contribution in [0.2, 0.25) is 0 Å². The van der Waals surface area contributed by atoms with E-state index in [2.05, 4.69) is 16.7 Å². The zero-order chi connectivity index (χ0) is 15.7. The lowest BCUT2D eigenvalue weighted by Gasteiger charge is -2.57. The van der Waals surface area contributed by atoms with Crippen LogP contribution in [0, 0.1) is 0 Å². The highest BCUT2D eigenvalue weighted by atomic mass is 16.3. The number of carbonyl (C=O) groups excluding carboxylic acids is 1. The highest BCUT2D eigenvalue weighted by molar-refractivity contribution is 5.73. The van der Waals surface area contributed by atoms with Gasteiger partial charge in [-0.05, 0) is 19.8 Å². The molecule has 2 unspecified atom stereocenters. The standard InChI is InChI=1S/C17H31N3O2/c1-14(22)19-11-16-10-18(15-6-4-3-5-7-15)8-9-20(16)17(2,12-19)13-21/h15-16,21H,3-13H2,1-2H3. The van der Waals surface area contributed by atoms with Crippen LogP contribution in [0.4, 0.5) is 0 Å². The summed E-state index contributed by atoms with van der Waals surface area (Å²) < 4.78 is 0. The minimum atomic E-state index is -0.284. The summed E-state index contributed by atoms with van der Waals surface area (Å²) >= 11 is 0. The van der Waals surface area contributed by atoms with Gasteiger partial charge in [-0.2, -0.15) is 0 Å². The van der Waals surface area contributed by atoms with Crippen molar-refractivity contribution >= 4 is 5.91 Å². The Bertz CT molecular complexity index is 411. The summed E-state index contributed by atoms with van der Waals surface area (Å²) in [6, 6.07) is 1.11. The average Bonchev–Trinajstić information content (AvgIpc) is 2.55.